The van der Waals surface area contributed by atoms with Crippen molar-refractivity contribution in [3.63, 3.8) is 0 Å². The highest BCUT2D eigenvalue weighted by atomic mass is 16.6. The number of carbonyl (C=O) groups is 1. The lowest BCUT2D eigenvalue weighted by Crippen LogP contribution is -2.33. The highest BCUT2D eigenvalue weighted by Crippen LogP contribution is 2.31. The van der Waals surface area contributed by atoms with E-state index < -0.39 is 0 Å². The Morgan fingerprint density at radius 1 is 0.939 bits per heavy atom. The second kappa shape index (κ2) is 9.61. The third-order valence-corrected chi connectivity index (χ3v) is 5.67. The number of fused-ring (bicyclic) bond motifs is 1. The predicted octanol–water partition coefficient (Wildman–Crippen LogP) is 4.88. The van der Waals surface area contributed by atoms with Crippen molar-refractivity contribution < 1.29 is 14.3 Å². The molecule has 1 aliphatic rings. The number of para-hydroxylation sites is 2. The Morgan fingerprint density at radius 2 is 1.58 bits per heavy atom. The van der Waals surface area contributed by atoms with Gasteiger partial charge in [0.2, 0.25) is 5.91 Å². The number of nitrogens with zero attached hydrogens (tertiary/aromatic N) is 2. The van der Waals surface area contributed by atoms with Crippen molar-refractivity contribution in [2.75, 3.05) is 11.9 Å². The van der Waals surface area contributed by atoms with E-state index in [1.165, 1.54) is 0 Å². The van der Waals surface area contributed by atoms with E-state index in [4.69, 9.17) is 9.47 Å². The topological polar surface area (TPSA) is 65.4 Å². The minimum atomic E-state index is -0.149. The molecule has 0 saturated heterocycles. The lowest BCUT2D eigenvalue weighted by Gasteiger charge is -2.26. The number of amides is 1. The normalized spacial score (nSPS) is 14.8. The first kappa shape index (κ1) is 20.8. The molecule has 1 atom stereocenters. The zero-order valence-electron chi connectivity index (χ0n) is 18.1. The standard InChI is InChI=1S/C27H25N3O3/c31-27(15-24(20-9-3-1-4-10-20)21-11-5-2-6-12-21)29-22-16-28-30(17-22)18-23-19-32-25-13-7-8-14-26(25)33-23/h1-14,16-17,23-24H,15,18-19H2,(H,29,31)/t23-/m0/s1. The quantitative estimate of drug-likeness (QED) is 0.446. The molecule has 6 heteroatoms. The summed E-state index contributed by atoms with van der Waals surface area (Å²) in [6.45, 7) is 0.981. The summed E-state index contributed by atoms with van der Waals surface area (Å²) in [5.74, 6) is 1.42. The number of rotatable bonds is 7. The first-order chi connectivity index (χ1) is 16.2. The molecule has 6 nitrogen and oxygen atoms in total. The molecule has 4 aromatic rings. The molecule has 0 fully saturated rings. The molecule has 3 aromatic carbocycles. The summed E-state index contributed by atoms with van der Waals surface area (Å²) in [6, 6.07) is 27.9. The third-order valence-electron chi connectivity index (χ3n) is 5.67. The van der Waals surface area contributed by atoms with Crippen LogP contribution < -0.4 is 14.8 Å². The Kier molecular flexibility index (Phi) is 6.06. The van der Waals surface area contributed by atoms with Gasteiger partial charge >= 0.3 is 0 Å². The number of carbonyl (C=O) groups excluding carboxylic acids is 1. The van der Waals surface area contributed by atoms with Gasteiger partial charge in [0.25, 0.3) is 0 Å². The molecule has 2 heterocycles. The molecule has 0 bridgehead atoms. The van der Waals surface area contributed by atoms with Gasteiger partial charge in [-0.25, -0.2) is 0 Å². The summed E-state index contributed by atoms with van der Waals surface area (Å²) in [4.78, 5) is 12.9. The van der Waals surface area contributed by atoms with Crippen LogP contribution in [0.1, 0.15) is 23.5 Å². The van der Waals surface area contributed by atoms with Crippen LogP contribution in [-0.4, -0.2) is 28.4 Å². The van der Waals surface area contributed by atoms with Crippen molar-refractivity contribution in [2.45, 2.75) is 25.0 Å². The van der Waals surface area contributed by atoms with Crippen LogP contribution in [0.4, 0.5) is 5.69 Å². The summed E-state index contributed by atoms with van der Waals surface area (Å²) < 4.78 is 13.5. The number of nitrogens with one attached hydrogen (secondary N) is 1. The molecule has 1 aromatic heterocycles. The van der Waals surface area contributed by atoms with Crippen LogP contribution in [0.25, 0.3) is 0 Å². The van der Waals surface area contributed by atoms with Crippen LogP contribution >= 0.6 is 0 Å². The number of aromatic nitrogens is 2. The smallest absolute Gasteiger partial charge is 0.225 e. The van der Waals surface area contributed by atoms with E-state index in [0.29, 0.717) is 25.3 Å². The average molecular weight is 440 g/mol. The van der Waals surface area contributed by atoms with Crippen molar-refractivity contribution in [3.8, 4) is 11.5 Å². The molecule has 0 radical (unpaired) electrons. The third kappa shape index (κ3) is 5.06. The molecule has 1 N–H and O–H groups in total. The number of hydrogen-bond acceptors (Lipinski definition) is 4. The Morgan fingerprint density at radius 3 is 2.27 bits per heavy atom. The summed E-state index contributed by atoms with van der Waals surface area (Å²) in [5, 5.41) is 7.37. The Hall–Kier alpha value is -4.06. The summed E-state index contributed by atoms with van der Waals surface area (Å²) in [5.41, 5.74) is 2.89. The van der Waals surface area contributed by atoms with E-state index in [-0.39, 0.29) is 17.9 Å². The van der Waals surface area contributed by atoms with Gasteiger partial charge < -0.3 is 14.8 Å². The fourth-order valence-electron chi connectivity index (χ4n) is 4.09. The Labute approximate surface area is 192 Å². The van der Waals surface area contributed by atoms with Gasteiger partial charge in [0.15, 0.2) is 17.6 Å². The summed E-state index contributed by atoms with van der Waals surface area (Å²) in [7, 11) is 0. The number of ether oxygens (including phenoxy) is 2. The van der Waals surface area contributed by atoms with Gasteiger partial charge in [-0.3, -0.25) is 9.48 Å². The molecular weight excluding hydrogens is 414 g/mol. The molecule has 1 aliphatic heterocycles. The molecule has 5 rings (SSSR count). The lowest BCUT2D eigenvalue weighted by atomic mass is 9.88. The van der Waals surface area contributed by atoms with E-state index in [9.17, 15) is 4.79 Å². The van der Waals surface area contributed by atoms with Gasteiger partial charge in [0, 0.05) is 18.5 Å². The van der Waals surface area contributed by atoms with Crippen molar-refractivity contribution in [1.29, 1.82) is 0 Å². The minimum Gasteiger partial charge on any atom is -0.486 e. The Bertz CT molecular complexity index is 1170. The van der Waals surface area contributed by atoms with Crippen molar-refractivity contribution in [2.24, 2.45) is 0 Å². The van der Waals surface area contributed by atoms with Gasteiger partial charge in [-0.1, -0.05) is 72.8 Å². The fourth-order valence-corrected chi connectivity index (χ4v) is 4.09. The van der Waals surface area contributed by atoms with Gasteiger partial charge in [-0.05, 0) is 23.3 Å². The van der Waals surface area contributed by atoms with E-state index in [0.717, 1.165) is 22.6 Å². The van der Waals surface area contributed by atoms with Gasteiger partial charge in [-0.2, -0.15) is 5.10 Å². The molecule has 166 valence electrons. The van der Waals surface area contributed by atoms with E-state index >= 15 is 0 Å². The molecule has 1 amide bonds. The van der Waals surface area contributed by atoms with E-state index in [1.54, 1.807) is 10.9 Å². The zero-order valence-corrected chi connectivity index (χ0v) is 18.1. The zero-order chi connectivity index (χ0) is 22.5. The number of hydrogen-bond donors (Lipinski definition) is 1. The first-order valence-electron chi connectivity index (χ1n) is 11.1. The van der Waals surface area contributed by atoms with E-state index in [1.807, 2.05) is 66.9 Å². The highest BCUT2D eigenvalue weighted by molar-refractivity contribution is 5.91. The molecule has 0 unspecified atom stereocenters. The van der Waals surface area contributed by atoms with Crippen LogP contribution in [0.2, 0.25) is 0 Å². The largest absolute Gasteiger partial charge is 0.486 e. The molecule has 0 spiro atoms. The Balaban J connectivity index is 1.22. The van der Waals surface area contributed by atoms with Crippen molar-refractivity contribution in [1.82, 2.24) is 9.78 Å². The summed E-state index contributed by atoms with van der Waals surface area (Å²) in [6.07, 6.45) is 3.68. The second-order valence-corrected chi connectivity index (χ2v) is 8.07. The van der Waals surface area contributed by atoms with Crippen LogP contribution in [0.15, 0.2) is 97.3 Å². The van der Waals surface area contributed by atoms with Crippen LogP contribution in [0.3, 0.4) is 0 Å². The molecule has 33 heavy (non-hydrogen) atoms. The van der Waals surface area contributed by atoms with Crippen molar-refractivity contribution >= 4 is 11.6 Å². The van der Waals surface area contributed by atoms with Crippen molar-refractivity contribution in [3.05, 3.63) is 108 Å². The molecule has 0 aliphatic carbocycles. The van der Waals surface area contributed by atoms with Crippen LogP contribution in [0, 0.1) is 0 Å². The lowest BCUT2D eigenvalue weighted by molar-refractivity contribution is -0.116. The maximum atomic E-state index is 12.9. The number of benzene rings is 3. The SMILES string of the molecule is O=C(CC(c1ccccc1)c1ccccc1)Nc1cnn(C[C@H]2COc3ccccc3O2)c1. The second-order valence-electron chi connectivity index (χ2n) is 8.07. The van der Waals surface area contributed by atoms with Gasteiger partial charge in [0.05, 0.1) is 18.4 Å². The predicted molar refractivity (Wildman–Crippen MR) is 127 cm³/mol. The van der Waals surface area contributed by atoms with Gasteiger partial charge in [-0.15, -0.1) is 0 Å². The average Bonchev–Trinajstić information content (AvgIpc) is 3.30. The molecular formula is C27H25N3O3. The van der Waals surface area contributed by atoms with E-state index in [2.05, 4.69) is 34.7 Å². The van der Waals surface area contributed by atoms with Crippen LogP contribution in [-0.2, 0) is 11.3 Å². The van der Waals surface area contributed by atoms with Crippen LogP contribution in [0.5, 0.6) is 11.5 Å². The minimum absolute atomic E-state index is 0.0182. The maximum Gasteiger partial charge on any atom is 0.225 e. The number of anilines is 1. The fraction of sp³-hybridized carbons (Fsp3) is 0.185. The molecule has 0 saturated carbocycles. The monoisotopic (exact) mass is 439 g/mol. The first-order valence-corrected chi connectivity index (χ1v) is 11.1. The maximum absolute atomic E-state index is 12.9. The summed E-state index contributed by atoms with van der Waals surface area (Å²) >= 11 is 0. The highest BCUT2D eigenvalue weighted by Gasteiger charge is 2.22. The van der Waals surface area contributed by atoms with Gasteiger partial charge in [0.1, 0.15) is 6.61 Å².